The number of rotatable bonds is 6. The second kappa shape index (κ2) is 8.01. The topological polar surface area (TPSA) is 46.5 Å². The van der Waals surface area contributed by atoms with Crippen LogP contribution in [0, 0.1) is 0 Å². The molecule has 1 N–H and O–H groups in total. The van der Waals surface area contributed by atoms with Crippen LogP contribution in [-0.2, 0) is 16.0 Å². The zero-order valence-corrected chi connectivity index (χ0v) is 13.5. The Bertz CT molecular complexity index is 524. The van der Waals surface area contributed by atoms with Gasteiger partial charge in [-0.1, -0.05) is 36.8 Å². The van der Waals surface area contributed by atoms with Crippen molar-refractivity contribution in [3.05, 3.63) is 35.9 Å². The Kier molecular flexibility index (Phi) is 6.27. The van der Waals surface area contributed by atoms with Gasteiger partial charge in [0.15, 0.2) is 5.60 Å². The molecule has 1 saturated carbocycles. The molecular weight excluding hydrogens is 321 g/mol. The van der Waals surface area contributed by atoms with Crippen LogP contribution >= 0.6 is 0 Å². The Morgan fingerprint density at radius 2 is 1.75 bits per heavy atom. The summed E-state index contributed by atoms with van der Waals surface area (Å²) in [6, 6.07) is 8.82. The Morgan fingerprint density at radius 1 is 1.12 bits per heavy atom. The van der Waals surface area contributed by atoms with Gasteiger partial charge in [-0.25, -0.2) is 4.79 Å². The molecule has 0 spiro atoms. The molecule has 0 bridgehead atoms. The van der Waals surface area contributed by atoms with Crippen molar-refractivity contribution in [3.8, 4) is 0 Å². The van der Waals surface area contributed by atoms with Gasteiger partial charge in [-0.2, -0.15) is 13.2 Å². The fraction of sp³-hybridized carbons (Fsp3) is 0.611. The summed E-state index contributed by atoms with van der Waals surface area (Å²) in [5.74, 6) is -1.15. The summed E-state index contributed by atoms with van der Waals surface area (Å²) in [5.41, 5.74) is -1.77. The van der Waals surface area contributed by atoms with Crippen LogP contribution in [0.3, 0.4) is 0 Å². The van der Waals surface area contributed by atoms with E-state index in [0.717, 1.165) is 24.8 Å². The van der Waals surface area contributed by atoms with Crippen molar-refractivity contribution in [2.45, 2.75) is 69.2 Å². The largest absolute Gasteiger partial charge is 0.460 e. The molecule has 1 fully saturated rings. The second-order valence-corrected chi connectivity index (χ2v) is 6.47. The van der Waals surface area contributed by atoms with E-state index in [4.69, 9.17) is 4.74 Å². The molecule has 24 heavy (non-hydrogen) atoms. The van der Waals surface area contributed by atoms with Crippen molar-refractivity contribution in [2.75, 3.05) is 0 Å². The highest BCUT2D eigenvalue weighted by atomic mass is 19.4. The number of halogens is 3. The van der Waals surface area contributed by atoms with Gasteiger partial charge in [0.1, 0.15) is 6.10 Å². The Morgan fingerprint density at radius 3 is 2.33 bits per heavy atom. The molecule has 0 aromatic heterocycles. The highest BCUT2D eigenvalue weighted by molar-refractivity contribution is 5.79. The van der Waals surface area contributed by atoms with Crippen molar-refractivity contribution >= 4 is 5.97 Å². The standard InChI is InChI=1S/C18H23F3O3/c19-18(20,21)13-17(23,12-11-14-7-3-1-4-8-14)16(22)24-15-9-5-2-6-10-15/h1,3-4,7-8,15,23H,2,5-6,9-13H2. The SMILES string of the molecule is O=C(OC1CCCCC1)C(O)(CCc1ccccc1)CC(F)(F)F. The molecule has 1 aromatic rings. The van der Waals surface area contributed by atoms with Crippen molar-refractivity contribution in [2.24, 2.45) is 0 Å². The van der Waals surface area contributed by atoms with E-state index >= 15 is 0 Å². The maximum Gasteiger partial charge on any atom is 0.392 e. The van der Waals surface area contributed by atoms with Gasteiger partial charge >= 0.3 is 12.1 Å². The number of ether oxygens (including phenoxy) is 1. The molecule has 0 aliphatic heterocycles. The van der Waals surface area contributed by atoms with Crippen molar-refractivity contribution < 1.29 is 27.8 Å². The highest BCUT2D eigenvalue weighted by Crippen LogP contribution is 2.33. The fourth-order valence-corrected chi connectivity index (χ4v) is 3.03. The summed E-state index contributed by atoms with van der Waals surface area (Å²) in [6.07, 6.45) is -2.65. The Hall–Kier alpha value is -1.56. The third kappa shape index (κ3) is 5.82. The first-order valence-corrected chi connectivity index (χ1v) is 8.33. The molecule has 2 rings (SSSR count). The fourth-order valence-electron chi connectivity index (χ4n) is 3.03. The Balaban J connectivity index is 2.04. The van der Waals surface area contributed by atoms with E-state index in [1.54, 1.807) is 30.3 Å². The lowest BCUT2D eigenvalue weighted by Crippen LogP contribution is -2.46. The number of aryl methyl sites for hydroxylation is 1. The lowest BCUT2D eigenvalue weighted by molar-refractivity contribution is -0.203. The van der Waals surface area contributed by atoms with Crippen molar-refractivity contribution in [3.63, 3.8) is 0 Å². The minimum absolute atomic E-state index is 0.174. The average molecular weight is 344 g/mol. The number of benzene rings is 1. The lowest BCUT2D eigenvalue weighted by atomic mass is 9.90. The number of hydrogen-bond donors (Lipinski definition) is 1. The third-order valence-corrected chi connectivity index (χ3v) is 4.37. The van der Waals surface area contributed by atoms with Crippen LogP contribution in [0.4, 0.5) is 13.2 Å². The normalized spacial score (nSPS) is 18.8. The monoisotopic (exact) mass is 344 g/mol. The number of hydrogen-bond acceptors (Lipinski definition) is 3. The number of carbonyl (C=O) groups is 1. The summed E-state index contributed by atoms with van der Waals surface area (Å²) in [4.78, 5) is 12.3. The quantitative estimate of drug-likeness (QED) is 0.788. The first-order valence-electron chi connectivity index (χ1n) is 8.33. The minimum Gasteiger partial charge on any atom is -0.460 e. The summed E-state index contributed by atoms with van der Waals surface area (Å²) in [7, 11) is 0. The predicted molar refractivity (Wildman–Crippen MR) is 83.3 cm³/mol. The van der Waals surface area contributed by atoms with Crippen LogP contribution in [0.1, 0.15) is 50.5 Å². The van der Waals surface area contributed by atoms with E-state index in [1.807, 2.05) is 0 Å². The van der Waals surface area contributed by atoms with Crippen LogP contribution in [0.25, 0.3) is 0 Å². The van der Waals surface area contributed by atoms with E-state index in [-0.39, 0.29) is 18.9 Å². The van der Waals surface area contributed by atoms with E-state index in [9.17, 15) is 23.1 Å². The van der Waals surface area contributed by atoms with Crippen molar-refractivity contribution in [1.29, 1.82) is 0 Å². The lowest BCUT2D eigenvalue weighted by Gasteiger charge is -2.30. The summed E-state index contributed by atoms with van der Waals surface area (Å²) < 4.78 is 43.7. The molecule has 0 saturated heterocycles. The van der Waals surface area contributed by atoms with Gasteiger partial charge in [0, 0.05) is 0 Å². The van der Waals surface area contributed by atoms with Crippen LogP contribution in [0.2, 0.25) is 0 Å². The molecular formula is C18H23F3O3. The smallest absolute Gasteiger partial charge is 0.392 e. The van der Waals surface area contributed by atoms with Crippen LogP contribution in [-0.4, -0.2) is 29.0 Å². The molecule has 0 heterocycles. The van der Waals surface area contributed by atoms with E-state index in [1.165, 1.54) is 0 Å². The number of alkyl halides is 3. The van der Waals surface area contributed by atoms with E-state index < -0.39 is 24.2 Å². The molecule has 3 nitrogen and oxygen atoms in total. The van der Waals surface area contributed by atoms with Gasteiger partial charge in [-0.05, 0) is 44.1 Å². The molecule has 1 unspecified atom stereocenters. The minimum atomic E-state index is -4.64. The first-order chi connectivity index (χ1) is 11.3. The van der Waals surface area contributed by atoms with E-state index in [2.05, 4.69) is 0 Å². The molecule has 0 amide bonds. The molecule has 1 aromatic carbocycles. The number of esters is 1. The molecule has 1 atom stereocenters. The van der Waals surface area contributed by atoms with Crippen LogP contribution < -0.4 is 0 Å². The van der Waals surface area contributed by atoms with Gasteiger partial charge in [0.05, 0.1) is 6.42 Å². The molecule has 1 aliphatic carbocycles. The van der Waals surface area contributed by atoms with Crippen molar-refractivity contribution in [1.82, 2.24) is 0 Å². The number of carbonyl (C=O) groups excluding carboxylic acids is 1. The zero-order valence-electron chi connectivity index (χ0n) is 13.5. The zero-order chi connectivity index (χ0) is 17.6. The molecule has 1 aliphatic rings. The third-order valence-electron chi connectivity index (χ3n) is 4.37. The molecule has 134 valence electrons. The maximum absolute atomic E-state index is 12.8. The summed E-state index contributed by atoms with van der Waals surface area (Å²) in [5, 5.41) is 10.4. The second-order valence-electron chi connectivity index (χ2n) is 6.47. The van der Waals surface area contributed by atoms with Gasteiger partial charge in [-0.15, -0.1) is 0 Å². The average Bonchev–Trinajstić information content (AvgIpc) is 2.53. The summed E-state index contributed by atoms with van der Waals surface area (Å²) >= 11 is 0. The highest BCUT2D eigenvalue weighted by Gasteiger charge is 2.48. The maximum atomic E-state index is 12.8. The van der Waals surface area contributed by atoms with Gasteiger partial charge in [0.25, 0.3) is 0 Å². The molecule has 0 radical (unpaired) electrons. The predicted octanol–water partition coefficient (Wildman–Crippen LogP) is 4.18. The Labute approximate surface area is 139 Å². The van der Waals surface area contributed by atoms with Gasteiger partial charge in [0.2, 0.25) is 0 Å². The van der Waals surface area contributed by atoms with Gasteiger partial charge in [-0.3, -0.25) is 0 Å². The van der Waals surface area contributed by atoms with Crippen LogP contribution in [0.15, 0.2) is 30.3 Å². The van der Waals surface area contributed by atoms with Gasteiger partial charge < -0.3 is 9.84 Å². The molecule has 6 heteroatoms. The van der Waals surface area contributed by atoms with E-state index in [0.29, 0.717) is 12.8 Å². The first kappa shape index (κ1) is 18.8. The number of aliphatic hydroxyl groups is 1. The van der Waals surface area contributed by atoms with Crippen LogP contribution in [0.5, 0.6) is 0 Å². The summed E-state index contributed by atoms with van der Waals surface area (Å²) in [6.45, 7) is 0.